The predicted octanol–water partition coefficient (Wildman–Crippen LogP) is 1.55. The second kappa shape index (κ2) is 11.5. The minimum atomic E-state index is -0.246. The molecule has 3 aliphatic rings. The molecule has 2 atom stereocenters. The van der Waals surface area contributed by atoms with Gasteiger partial charge in [0.25, 0.3) is 5.56 Å². The molecule has 0 aromatic carbocycles. The van der Waals surface area contributed by atoms with Gasteiger partial charge in [-0.05, 0) is 38.3 Å². The topological polar surface area (TPSA) is 86.7 Å². The number of dihydropyridines is 1. The summed E-state index contributed by atoms with van der Waals surface area (Å²) < 4.78 is 1.61. The number of hydrogen-bond acceptors (Lipinski definition) is 6. The standard InChI is InChI=1S/C13H20N4O.C9H13NO.C2H4O/c1-3-14-13(18)10-4-5-11-12(15-10)16(2)9-6-7-17(11)8-9;1-7(2)8-5-4-6-10(3)9(8)11;1-2-3/h4-5,9-10,15H,3,6-8H2,1-2H3,(H,14,18);4-7H,1-3H3;2H,1H3. The number of aldehydes is 1. The fourth-order valence-corrected chi connectivity index (χ4v) is 4.03. The van der Waals surface area contributed by atoms with Crippen LogP contribution in [0, 0.1) is 0 Å². The van der Waals surface area contributed by atoms with Crippen LogP contribution in [0.15, 0.2) is 46.8 Å². The van der Waals surface area contributed by atoms with Crippen LogP contribution in [-0.2, 0) is 16.6 Å². The van der Waals surface area contributed by atoms with Gasteiger partial charge in [0.1, 0.15) is 18.1 Å². The summed E-state index contributed by atoms with van der Waals surface area (Å²) >= 11 is 0. The second-order valence-electron chi connectivity index (χ2n) is 8.38. The normalized spacial score (nSPS) is 20.5. The Labute approximate surface area is 191 Å². The number of pyridine rings is 1. The number of allylic oxidation sites excluding steroid dienone is 1. The Balaban J connectivity index is 0.000000222. The number of nitrogens with zero attached hydrogens (tertiary/aromatic N) is 3. The highest BCUT2D eigenvalue weighted by atomic mass is 16.2. The molecule has 4 heterocycles. The van der Waals surface area contributed by atoms with Gasteiger partial charge in [0.15, 0.2) is 0 Å². The van der Waals surface area contributed by atoms with Crippen molar-refractivity contribution in [1.29, 1.82) is 0 Å². The molecule has 0 spiro atoms. The summed E-state index contributed by atoms with van der Waals surface area (Å²) in [5, 5.41) is 6.21. The van der Waals surface area contributed by atoms with Gasteiger partial charge in [-0.15, -0.1) is 0 Å². The molecule has 1 aromatic heterocycles. The van der Waals surface area contributed by atoms with E-state index in [4.69, 9.17) is 4.79 Å². The SMILES string of the molecule is CC(C)c1cccn(C)c1=O.CC=O.CCNC(=O)C1C=CC2=C(N1)N(C)C1CCN2C1. The molecule has 0 radical (unpaired) electrons. The number of aryl methyl sites for hydroxylation is 1. The molecule has 2 bridgehead atoms. The third kappa shape index (κ3) is 5.81. The second-order valence-corrected chi connectivity index (χ2v) is 8.38. The number of carbonyl (C=O) groups excluding carboxylic acids is 2. The number of rotatable bonds is 3. The summed E-state index contributed by atoms with van der Waals surface area (Å²) in [7, 11) is 3.89. The van der Waals surface area contributed by atoms with Crippen molar-refractivity contribution in [3.8, 4) is 0 Å². The fourth-order valence-electron chi connectivity index (χ4n) is 4.03. The van der Waals surface area contributed by atoms with E-state index in [0.29, 0.717) is 18.5 Å². The van der Waals surface area contributed by atoms with E-state index in [1.54, 1.807) is 17.8 Å². The highest BCUT2D eigenvalue weighted by molar-refractivity contribution is 5.84. The maximum atomic E-state index is 11.9. The van der Waals surface area contributed by atoms with E-state index in [1.807, 2.05) is 39.0 Å². The van der Waals surface area contributed by atoms with Crippen LogP contribution < -0.4 is 16.2 Å². The Morgan fingerprint density at radius 2 is 2.03 bits per heavy atom. The number of amides is 1. The van der Waals surface area contributed by atoms with Crippen molar-refractivity contribution in [3.05, 3.63) is 57.9 Å². The zero-order valence-electron chi connectivity index (χ0n) is 20.1. The Hall–Kier alpha value is -3.03. The Morgan fingerprint density at radius 1 is 1.34 bits per heavy atom. The van der Waals surface area contributed by atoms with Crippen LogP contribution in [-0.4, -0.2) is 65.3 Å². The molecule has 4 rings (SSSR count). The van der Waals surface area contributed by atoms with Gasteiger partial charge in [-0.25, -0.2) is 0 Å². The maximum Gasteiger partial charge on any atom is 0.253 e. The molecule has 3 aliphatic heterocycles. The molecule has 8 heteroatoms. The Kier molecular flexibility index (Phi) is 9.11. The first kappa shape index (κ1) is 25.2. The van der Waals surface area contributed by atoms with Crippen molar-refractivity contribution in [2.45, 2.75) is 52.1 Å². The number of nitrogens with one attached hydrogen (secondary N) is 2. The number of fused-ring (bicyclic) bond motifs is 3. The first-order valence-corrected chi connectivity index (χ1v) is 11.2. The van der Waals surface area contributed by atoms with Crippen LogP contribution >= 0.6 is 0 Å². The average Bonchev–Trinajstić information content (AvgIpc) is 3.21. The van der Waals surface area contributed by atoms with Crippen LogP contribution in [0.3, 0.4) is 0 Å². The van der Waals surface area contributed by atoms with E-state index in [9.17, 15) is 9.59 Å². The van der Waals surface area contributed by atoms with Gasteiger partial charge in [0.05, 0.1) is 5.70 Å². The summed E-state index contributed by atoms with van der Waals surface area (Å²) in [6.07, 6.45) is 7.76. The third-order valence-electron chi connectivity index (χ3n) is 5.79. The fraction of sp³-hybridized carbons (Fsp3) is 0.542. The van der Waals surface area contributed by atoms with E-state index < -0.39 is 0 Å². The van der Waals surface area contributed by atoms with Crippen LogP contribution in [0.5, 0.6) is 0 Å². The largest absolute Gasteiger partial charge is 0.366 e. The summed E-state index contributed by atoms with van der Waals surface area (Å²) in [6, 6.07) is 4.12. The van der Waals surface area contributed by atoms with Gasteiger partial charge in [-0.1, -0.05) is 26.0 Å². The van der Waals surface area contributed by atoms with E-state index >= 15 is 0 Å². The van der Waals surface area contributed by atoms with Crippen LogP contribution in [0.2, 0.25) is 0 Å². The highest BCUT2D eigenvalue weighted by Crippen LogP contribution is 2.31. The molecule has 0 aliphatic carbocycles. The lowest BCUT2D eigenvalue weighted by Crippen LogP contribution is -2.52. The van der Waals surface area contributed by atoms with Gasteiger partial charge in [-0.2, -0.15) is 0 Å². The monoisotopic (exact) mass is 443 g/mol. The molecule has 1 aromatic rings. The molecule has 2 unspecified atom stereocenters. The van der Waals surface area contributed by atoms with Crippen molar-refractivity contribution in [2.24, 2.45) is 7.05 Å². The summed E-state index contributed by atoms with van der Waals surface area (Å²) in [4.78, 5) is 36.7. The quantitative estimate of drug-likeness (QED) is 0.690. The molecule has 8 nitrogen and oxygen atoms in total. The van der Waals surface area contributed by atoms with Crippen LogP contribution in [0.25, 0.3) is 0 Å². The summed E-state index contributed by atoms with van der Waals surface area (Å²) in [6.45, 7) is 10.3. The first-order chi connectivity index (χ1) is 15.2. The zero-order chi connectivity index (χ0) is 23.8. The number of carbonyl (C=O) groups is 2. The molecule has 32 heavy (non-hydrogen) atoms. The smallest absolute Gasteiger partial charge is 0.253 e. The molecule has 1 amide bonds. The zero-order valence-corrected chi connectivity index (χ0v) is 20.1. The summed E-state index contributed by atoms with van der Waals surface area (Å²) in [5.74, 6) is 1.46. The van der Waals surface area contributed by atoms with Crippen molar-refractivity contribution < 1.29 is 9.59 Å². The molecule has 1 fully saturated rings. The van der Waals surface area contributed by atoms with Crippen molar-refractivity contribution in [1.82, 2.24) is 25.0 Å². The lowest BCUT2D eigenvalue weighted by molar-refractivity contribution is -0.122. The van der Waals surface area contributed by atoms with Gasteiger partial charge >= 0.3 is 0 Å². The molecular weight excluding hydrogens is 406 g/mol. The molecule has 0 saturated carbocycles. The lowest BCUT2D eigenvalue weighted by Gasteiger charge is -2.40. The number of aromatic nitrogens is 1. The van der Waals surface area contributed by atoms with E-state index in [-0.39, 0.29) is 17.5 Å². The highest BCUT2D eigenvalue weighted by Gasteiger charge is 2.37. The Morgan fingerprint density at radius 3 is 2.62 bits per heavy atom. The Bertz CT molecular complexity index is 918. The van der Waals surface area contributed by atoms with Gasteiger partial charge in [0, 0.05) is 51.5 Å². The molecule has 1 saturated heterocycles. The molecule has 2 N–H and O–H groups in total. The van der Waals surface area contributed by atoms with Crippen molar-refractivity contribution in [3.63, 3.8) is 0 Å². The van der Waals surface area contributed by atoms with E-state index in [1.165, 1.54) is 19.0 Å². The maximum absolute atomic E-state index is 11.9. The summed E-state index contributed by atoms with van der Waals surface area (Å²) in [5.41, 5.74) is 2.23. The number of likely N-dealkylation sites (N-methyl/N-ethyl adjacent to an activating group) is 2. The minimum Gasteiger partial charge on any atom is -0.366 e. The predicted molar refractivity (Wildman–Crippen MR) is 127 cm³/mol. The minimum absolute atomic E-state index is 0.0432. The number of hydrogen-bond donors (Lipinski definition) is 2. The van der Waals surface area contributed by atoms with E-state index in [2.05, 4.69) is 33.6 Å². The van der Waals surface area contributed by atoms with Gasteiger partial charge in [0.2, 0.25) is 5.91 Å². The van der Waals surface area contributed by atoms with Crippen molar-refractivity contribution in [2.75, 3.05) is 26.7 Å². The van der Waals surface area contributed by atoms with Gasteiger partial charge < -0.3 is 29.8 Å². The molecular formula is C24H37N5O3. The lowest BCUT2D eigenvalue weighted by atomic mass is 10.1. The molecule has 176 valence electrons. The van der Waals surface area contributed by atoms with Gasteiger partial charge in [-0.3, -0.25) is 9.59 Å². The third-order valence-corrected chi connectivity index (χ3v) is 5.79. The van der Waals surface area contributed by atoms with Crippen LogP contribution in [0.4, 0.5) is 0 Å². The van der Waals surface area contributed by atoms with Crippen molar-refractivity contribution >= 4 is 12.2 Å². The average molecular weight is 444 g/mol. The first-order valence-electron chi connectivity index (χ1n) is 11.2. The van der Waals surface area contributed by atoms with Crippen LogP contribution in [0.1, 0.15) is 45.6 Å². The van der Waals surface area contributed by atoms with E-state index in [0.717, 1.165) is 30.8 Å².